The fourth-order valence-corrected chi connectivity index (χ4v) is 3.69. The van der Waals surface area contributed by atoms with Gasteiger partial charge in [-0.3, -0.25) is 4.79 Å². The second kappa shape index (κ2) is 6.80. The zero-order valence-electron chi connectivity index (χ0n) is 12.4. The van der Waals surface area contributed by atoms with Crippen molar-refractivity contribution < 1.29 is 4.79 Å². The van der Waals surface area contributed by atoms with Crippen molar-refractivity contribution in [3.05, 3.63) is 35.4 Å². The zero-order chi connectivity index (χ0) is 14.0. The number of hydrogen-bond acceptors (Lipinski definition) is 2. The van der Waals surface area contributed by atoms with Crippen LogP contribution in [0.1, 0.15) is 55.6 Å². The van der Waals surface area contributed by atoms with Crippen molar-refractivity contribution in [1.82, 2.24) is 5.32 Å². The second-order valence-corrected chi connectivity index (χ2v) is 6.36. The largest absolute Gasteiger partial charge is 0.354 e. The van der Waals surface area contributed by atoms with Gasteiger partial charge >= 0.3 is 0 Å². The maximum Gasteiger partial charge on any atom is 0.240 e. The number of benzene rings is 1. The van der Waals surface area contributed by atoms with Gasteiger partial charge in [0.25, 0.3) is 0 Å². The lowest BCUT2D eigenvalue weighted by Gasteiger charge is -2.28. The predicted octanol–water partition coefficient (Wildman–Crippen LogP) is 2.92. The first-order valence-corrected chi connectivity index (χ1v) is 7.84. The van der Waals surface area contributed by atoms with Crippen molar-refractivity contribution in [3.63, 3.8) is 0 Å². The zero-order valence-corrected chi connectivity index (χ0v) is 13.3. The molecule has 1 aromatic rings. The molecule has 2 aliphatic carbocycles. The number of carbonyl (C=O) groups excluding carboxylic acids is 1. The molecule has 1 atom stereocenters. The molecule has 0 bridgehead atoms. The quantitative estimate of drug-likeness (QED) is 0.902. The number of carbonyl (C=O) groups is 1. The number of rotatable bonds is 3. The summed E-state index contributed by atoms with van der Waals surface area (Å²) in [7, 11) is 0. The van der Waals surface area contributed by atoms with Crippen LogP contribution in [-0.2, 0) is 11.2 Å². The van der Waals surface area contributed by atoms with Crippen LogP contribution in [-0.4, -0.2) is 18.0 Å². The Labute approximate surface area is 133 Å². The summed E-state index contributed by atoms with van der Waals surface area (Å²) in [6.45, 7) is 0.731. The average molecular weight is 309 g/mol. The van der Waals surface area contributed by atoms with E-state index in [1.54, 1.807) is 0 Å². The minimum Gasteiger partial charge on any atom is -0.354 e. The smallest absolute Gasteiger partial charge is 0.240 e. The summed E-state index contributed by atoms with van der Waals surface area (Å²) < 4.78 is 0. The number of amides is 1. The monoisotopic (exact) mass is 308 g/mol. The van der Waals surface area contributed by atoms with Crippen molar-refractivity contribution in [1.29, 1.82) is 0 Å². The van der Waals surface area contributed by atoms with Crippen LogP contribution in [0.5, 0.6) is 0 Å². The summed E-state index contributed by atoms with van der Waals surface area (Å²) in [5.74, 6) is 0.506. The molecule has 3 rings (SSSR count). The predicted molar refractivity (Wildman–Crippen MR) is 87.8 cm³/mol. The average Bonchev–Trinajstić information content (AvgIpc) is 2.93. The molecule has 3 N–H and O–H groups in total. The number of aryl methyl sites for hydroxylation is 1. The van der Waals surface area contributed by atoms with Gasteiger partial charge in [-0.1, -0.05) is 37.1 Å². The molecule has 1 aromatic carbocycles. The number of hydrogen-bond donors (Lipinski definition) is 2. The van der Waals surface area contributed by atoms with Crippen molar-refractivity contribution in [2.75, 3.05) is 6.54 Å². The van der Waals surface area contributed by atoms with Crippen molar-refractivity contribution in [2.24, 2.45) is 5.73 Å². The molecule has 4 heteroatoms. The number of fused-ring (bicyclic) bond motifs is 1. The molecule has 0 heterocycles. The Kier molecular flexibility index (Phi) is 5.28. The van der Waals surface area contributed by atoms with Crippen LogP contribution in [0.3, 0.4) is 0 Å². The Bertz CT molecular complexity index is 497. The fraction of sp³-hybridized carbons (Fsp3) is 0.588. The molecule has 1 amide bonds. The maximum absolute atomic E-state index is 12.3. The number of halogens is 1. The van der Waals surface area contributed by atoms with E-state index in [1.165, 1.54) is 24.0 Å². The van der Waals surface area contributed by atoms with E-state index >= 15 is 0 Å². The van der Waals surface area contributed by atoms with Crippen LogP contribution < -0.4 is 11.1 Å². The van der Waals surface area contributed by atoms with Crippen LogP contribution in [0.2, 0.25) is 0 Å². The van der Waals surface area contributed by atoms with E-state index < -0.39 is 5.54 Å². The Balaban J connectivity index is 0.00000161. The SMILES string of the molecule is Cl.NC1(C(=O)NCC2CCCc3ccccc32)CCCC1. The highest BCUT2D eigenvalue weighted by molar-refractivity contribution is 5.86. The molecule has 0 radical (unpaired) electrons. The van der Waals surface area contributed by atoms with E-state index in [2.05, 4.69) is 29.6 Å². The lowest BCUT2D eigenvalue weighted by Crippen LogP contribution is -2.52. The molecule has 0 saturated heterocycles. The molecule has 0 spiro atoms. The van der Waals surface area contributed by atoms with E-state index in [-0.39, 0.29) is 18.3 Å². The number of nitrogens with two attached hydrogens (primary N) is 1. The molecule has 0 aliphatic heterocycles. The third kappa shape index (κ3) is 3.41. The molecule has 3 nitrogen and oxygen atoms in total. The van der Waals surface area contributed by atoms with E-state index in [0.29, 0.717) is 5.92 Å². The van der Waals surface area contributed by atoms with Crippen molar-refractivity contribution in [2.45, 2.75) is 56.4 Å². The first kappa shape index (κ1) is 16.3. The van der Waals surface area contributed by atoms with Gasteiger partial charge in [-0.15, -0.1) is 12.4 Å². The third-order valence-electron chi connectivity index (χ3n) is 4.95. The molecule has 1 fully saturated rings. The summed E-state index contributed by atoms with van der Waals surface area (Å²) in [4.78, 5) is 12.3. The summed E-state index contributed by atoms with van der Waals surface area (Å²) in [5, 5.41) is 3.11. The summed E-state index contributed by atoms with van der Waals surface area (Å²) in [6.07, 6.45) is 7.37. The van der Waals surface area contributed by atoms with Gasteiger partial charge in [-0.25, -0.2) is 0 Å². The normalized spacial score (nSPS) is 23.0. The highest BCUT2D eigenvalue weighted by Crippen LogP contribution is 2.31. The van der Waals surface area contributed by atoms with Gasteiger partial charge in [0.15, 0.2) is 0 Å². The van der Waals surface area contributed by atoms with E-state index in [4.69, 9.17) is 5.73 Å². The standard InChI is InChI=1S/C17H24N2O.ClH/c18-17(10-3-4-11-17)16(20)19-12-14-8-5-7-13-6-1-2-9-15(13)14;/h1-2,6,9,14H,3-5,7-8,10-12,18H2,(H,19,20);1H. The first-order valence-electron chi connectivity index (χ1n) is 7.84. The van der Waals surface area contributed by atoms with Gasteiger partial charge in [-0.05, 0) is 43.2 Å². The number of nitrogens with one attached hydrogen (secondary N) is 1. The molecule has 2 aliphatic rings. The summed E-state index contributed by atoms with van der Waals surface area (Å²) >= 11 is 0. The Morgan fingerprint density at radius 1 is 1.24 bits per heavy atom. The minimum absolute atomic E-state index is 0. The molecule has 1 unspecified atom stereocenters. The first-order chi connectivity index (χ1) is 9.69. The van der Waals surface area contributed by atoms with Gasteiger partial charge in [-0.2, -0.15) is 0 Å². The van der Waals surface area contributed by atoms with Gasteiger partial charge in [0.05, 0.1) is 5.54 Å². The molecule has 21 heavy (non-hydrogen) atoms. The van der Waals surface area contributed by atoms with Gasteiger partial charge < -0.3 is 11.1 Å². The van der Waals surface area contributed by atoms with Gasteiger partial charge in [0.1, 0.15) is 0 Å². The van der Waals surface area contributed by atoms with Crippen LogP contribution >= 0.6 is 12.4 Å². The Morgan fingerprint density at radius 2 is 1.95 bits per heavy atom. The Morgan fingerprint density at radius 3 is 2.71 bits per heavy atom. The lowest BCUT2D eigenvalue weighted by molar-refractivity contribution is -0.126. The molecular weight excluding hydrogens is 284 g/mol. The molecular formula is C17H25ClN2O. The second-order valence-electron chi connectivity index (χ2n) is 6.36. The fourth-order valence-electron chi connectivity index (χ4n) is 3.69. The minimum atomic E-state index is -0.603. The van der Waals surface area contributed by atoms with Crippen LogP contribution in [0, 0.1) is 0 Å². The maximum atomic E-state index is 12.3. The van der Waals surface area contributed by atoms with Crippen molar-refractivity contribution >= 4 is 18.3 Å². The van der Waals surface area contributed by atoms with Crippen LogP contribution in [0.4, 0.5) is 0 Å². The summed E-state index contributed by atoms with van der Waals surface area (Å²) in [6, 6.07) is 8.62. The third-order valence-corrected chi connectivity index (χ3v) is 4.95. The van der Waals surface area contributed by atoms with Crippen LogP contribution in [0.15, 0.2) is 24.3 Å². The topological polar surface area (TPSA) is 55.1 Å². The van der Waals surface area contributed by atoms with Crippen LogP contribution in [0.25, 0.3) is 0 Å². The highest BCUT2D eigenvalue weighted by Gasteiger charge is 2.37. The molecule has 116 valence electrons. The molecule has 0 aromatic heterocycles. The van der Waals surface area contributed by atoms with E-state index in [0.717, 1.165) is 38.6 Å². The van der Waals surface area contributed by atoms with Crippen molar-refractivity contribution in [3.8, 4) is 0 Å². The van der Waals surface area contributed by atoms with E-state index in [9.17, 15) is 4.79 Å². The summed E-state index contributed by atoms with van der Waals surface area (Å²) in [5.41, 5.74) is 8.46. The highest BCUT2D eigenvalue weighted by atomic mass is 35.5. The van der Waals surface area contributed by atoms with E-state index in [1.807, 2.05) is 0 Å². The van der Waals surface area contributed by atoms with Gasteiger partial charge in [0, 0.05) is 12.5 Å². The molecule has 1 saturated carbocycles. The van der Waals surface area contributed by atoms with Gasteiger partial charge in [0.2, 0.25) is 5.91 Å². The lowest BCUT2D eigenvalue weighted by atomic mass is 9.82. The Hall–Kier alpha value is -1.06.